The molecular formula is C13H18N6. The Balaban J connectivity index is 1.82. The zero-order chi connectivity index (χ0) is 13.1. The molecule has 0 radical (unpaired) electrons. The Morgan fingerprint density at radius 3 is 2.84 bits per heavy atom. The molecule has 2 aromatic rings. The summed E-state index contributed by atoms with van der Waals surface area (Å²) < 4.78 is 1.69. The number of hydrogen-bond acceptors (Lipinski definition) is 5. The number of tetrazole rings is 1. The highest BCUT2D eigenvalue weighted by Crippen LogP contribution is 2.22. The fourth-order valence-corrected chi connectivity index (χ4v) is 2.49. The minimum atomic E-state index is 0.415. The van der Waals surface area contributed by atoms with Crippen molar-refractivity contribution in [3.05, 3.63) is 36.2 Å². The quantitative estimate of drug-likeness (QED) is 0.875. The SMILES string of the molecule is CC(c1cccc(-n2cnnn2)c1)N1CCNCC1. The van der Waals surface area contributed by atoms with Gasteiger partial charge in [-0.3, -0.25) is 4.90 Å². The van der Waals surface area contributed by atoms with Crippen molar-refractivity contribution in [2.45, 2.75) is 13.0 Å². The molecule has 6 heteroatoms. The first-order valence-corrected chi connectivity index (χ1v) is 6.63. The van der Waals surface area contributed by atoms with Crippen molar-refractivity contribution >= 4 is 0 Å². The lowest BCUT2D eigenvalue weighted by Crippen LogP contribution is -2.44. The summed E-state index contributed by atoms with van der Waals surface area (Å²) in [6, 6.07) is 8.82. The highest BCUT2D eigenvalue weighted by molar-refractivity contribution is 5.35. The zero-order valence-electron chi connectivity index (χ0n) is 11.0. The lowest BCUT2D eigenvalue weighted by Gasteiger charge is -2.33. The van der Waals surface area contributed by atoms with Gasteiger partial charge >= 0.3 is 0 Å². The molecule has 1 aromatic heterocycles. The Hall–Kier alpha value is -1.79. The predicted molar refractivity (Wildman–Crippen MR) is 72.0 cm³/mol. The van der Waals surface area contributed by atoms with E-state index in [9.17, 15) is 0 Å². The van der Waals surface area contributed by atoms with Gasteiger partial charge in [0.1, 0.15) is 6.33 Å². The van der Waals surface area contributed by atoms with E-state index in [4.69, 9.17) is 0 Å². The van der Waals surface area contributed by atoms with Gasteiger partial charge in [-0.2, -0.15) is 0 Å². The molecule has 1 unspecified atom stereocenters. The van der Waals surface area contributed by atoms with Gasteiger partial charge in [-0.25, -0.2) is 4.68 Å². The normalized spacial score (nSPS) is 18.4. The molecule has 100 valence electrons. The van der Waals surface area contributed by atoms with Crippen LogP contribution in [0.1, 0.15) is 18.5 Å². The summed E-state index contributed by atoms with van der Waals surface area (Å²) in [5, 5.41) is 14.7. The maximum absolute atomic E-state index is 3.93. The van der Waals surface area contributed by atoms with Crippen LogP contribution < -0.4 is 5.32 Å². The first kappa shape index (κ1) is 12.3. The largest absolute Gasteiger partial charge is 0.314 e. The van der Waals surface area contributed by atoms with Gasteiger partial charge in [0.25, 0.3) is 0 Å². The Labute approximate surface area is 112 Å². The van der Waals surface area contributed by atoms with E-state index >= 15 is 0 Å². The molecule has 0 spiro atoms. The predicted octanol–water partition coefficient (Wildman–Crippen LogP) is 0.628. The van der Waals surface area contributed by atoms with E-state index in [1.165, 1.54) is 5.56 Å². The minimum Gasteiger partial charge on any atom is -0.314 e. The highest BCUT2D eigenvalue weighted by atomic mass is 15.5. The molecule has 0 aliphatic carbocycles. The van der Waals surface area contributed by atoms with Crippen molar-refractivity contribution in [1.29, 1.82) is 0 Å². The monoisotopic (exact) mass is 258 g/mol. The smallest absolute Gasteiger partial charge is 0.143 e. The molecule has 0 bridgehead atoms. The average Bonchev–Trinajstić information content (AvgIpc) is 3.02. The van der Waals surface area contributed by atoms with E-state index in [2.05, 4.69) is 50.9 Å². The lowest BCUT2D eigenvalue weighted by atomic mass is 10.1. The van der Waals surface area contributed by atoms with Crippen LogP contribution in [0.5, 0.6) is 0 Å². The van der Waals surface area contributed by atoms with Gasteiger partial charge in [-0.05, 0) is 35.0 Å². The second-order valence-corrected chi connectivity index (χ2v) is 4.81. The summed E-state index contributed by atoms with van der Waals surface area (Å²) in [6.45, 7) is 6.57. The second kappa shape index (κ2) is 5.46. The van der Waals surface area contributed by atoms with Crippen LogP contribution in [-0.4, -0.2) is 51.3 Å². The fraction of sp³-hybridized carbons (Fsp3) is 0.462. The summed E-state index contributed by atoms with van der Waals surface area (Å²) in [5.74, 6) is 0. The van der Waals surface area contributed by atoms with Crippen LogP contribution in [0.3, 0.4) is 0 Å². The molecule has 0 saturated carbocycles. The Morgan fingerprint density at radius 1 is 1.26 bits per heavy atom. The number of piperazine rings is 1. The van der Waals surface area contributed by atoms with Crippen molar-refractivity contribution in [2.75, 3.05) is 26.2 Å². The van der Waals surface area contributed by atoms with E-state index in [-0.39, 0.29) is 0 Å². The van der Waals surface area contributed by atoms with E-state index in [1.807, 2.05) is 6.07 Å². The van der Waals surface area contributed by atoms with Crippen LogP contribution in [0.15, 0.2) is 30.6 Å². The molecule has 1 fully saturated rings. The number of nitrogens with zero attached hydrogens (tertiary/aromatic N) is 5. The average molecular weight is 258 g/mol. The van der Waals surface area contributed by atoms with E-state index < -0.39 is 0 Å². The summed E-state index contributed by atoms with van der Waals surface area (Å²) in [6.07, 6.45) is 1.62. The van der Waals surface area contributed by atoms with Gasteiger partial charge in [0.05, 0.1) is 5.69 Å². The summed E-state index contributed by atoms with van der Waals surface area (Å²) >= 11 is 0. The third-order valence-corrected chi connectivity index (χ3v) is 3.67. The third kappa shape index (κ3) is 2.64. The van der Waals surface area contributed by atoms with Crippen LogP contribution in [0.2, 0.25) is 0 Å². The van der Waals surface area contributed by atoms with Gasteiger partial charge in [0.15, 0.2) is 0 Å². The van der Waals surface area contributed by atoms with Gasteiger partial charge in [-0.15, -0.1) is 5.10 Å². The molecule has 1 atom stereocenters. The number of nitrogens with one attached hydrogen (secondary N) is 1. The molecule has 6 nitrogen and oxygen atoms in total. The summed E-state index contributed by atoms with van der Waals surface area (Å²) in [4.78, 5) is 2.50. The molecule has 1 aromatic carbocycles. The number of hydrogen-bond donors (Lipinski definition) is 1. The summed E-state index contributed by atoms with van der Waals surface area (Å²) in [7, 11) is 0. The number of benzene rings is 1. The molecule has 1 saturated heterocycles. The molecule has 1 N–H and O–H groups in total. The molecule has 2 heterocycles. The molecule has 3 rings (SSSR count). The summed E-state index contributed by atoms with van der Waals surface area (Å²) in [5.41, 5.74) is 2.30. The Kier molecular flexibility index (Phi) is 3.52. The van der Waals surface area contributed by atoms with Crippen LogP contribution in [0, 0.1) is 0 Å². The topological polar surface area (TPSA) is 58.9 Å². The Morgan fingerprint density at radius 2 is 2.11 bits per heavy atom. The van der Waals surface area contributed by atoms with Gasteiger partial charge in [0.2, 0.25) is 0 Å². The second-order valence-electron chi connectivity index (χ2n) is 4.81. The molecular weight excluding hydrogens is 240 g/mol. The lowest BCUT2D eigenvalue weighted by molar-refractivity contribution is 0.185. The minimum absolute atomic E-state index is 0.415. The maximum atomic E-state index is 3.93. The molecule has 19 heavy (non-hydrogen) atoms. The van der Waals surface area contributed by atoms with Crippen LogP contribution >= 0.6 is 0 Å². The van der Waals surface area contributed by atoms with Crippen LogP contribution in [0.25, 0.3) is 5.69 Å². The van der Waals surface area contributed by atoms with Crippen molar-refractivity contribution in [3.63, 3.8) is 0 Å². The van der Waals surface area contributed by atoms with E-state index in [0.29, 0.717) is 6.04 Å². The van der Waals surface area contributed by atoms with Crippen molar-refractivity contribution in [1.82, 2.24) is 30.4 Å². The number of rotatable bonds is 3. The van der Waals surface area contributed by atoms with Gasteiger partial charge in [0, 0.05) is 32.2 Å². The van der Waals surface area contributed by atoms with Crippen molar-refractivity contribution in [2.24, 2.45) is 0 Å². The maximum Gasteiger partial charge on any atom is 0.143 e. The Bertz CT molecular complexity index is 518. The van der Waals surface area contributed by atoms with Crippen molar-refractivity contribution in [3.8, 4) is 5.69 Å². The van der Waals surface area contributed by atoms with Crippen LogP contribution in [0.4, 0.5) is 0 Å². The van der Waals surface area contributed by atoms with Crippen LogP contribution in [-0.2, 0) is 0 Å². The first-order chi connectivity index (χ1) is 9.34. The number of aromatic nitrogens is 4. The standard InChI is InChI=1S/C13H18N6/c1-11(18-7-5-14-6-8-18)12-3-2-4-13(9-12)19-10-15-16-17-19/h2-4,9-11,14H,5-8H2,1H3. The molecule has 1 aliphatic heterocycles. The fourth-order valence-electron chi connectivity index (χ4n) is 2.49. The molecule has 0 amide bonds. The van der Waals surface area contributed by atoms with E-state index in [0.717, 1.165) is 31.9 Å². The third-order valence-electron chi connectivity index (χ3n) is 3.67. The van der Waals surface area contributed by atoms with Gasteiger partial charge < -0.3 is 5.32 Å². The first-order valence-electron chi connectivity index (χ1n) is 6.63. The van der Waals surface area contributed by atoms with Crippen molar-refractivity contribution < 1.29 is 0 Å². The van der Waals surface area contributed by atoms with Gasteiger partial charge in [-0.1, -0.05) is 12.1 Å². The highest BCUT2D eigenvalue weighted by Gasteiger charge is 2.18. The molecule has 1 aliphatic rings. The van der Waals surface area contributed by atoms with E-state index in [1.54, 1.807) is 11.0 Å². The zero-order valence-corrected chi connectivity index (χ0v) is 11.0.